The van der Waals surface area contributed by atoms with Gasteiger partial charge < -0.3 is 19.8 Å². The molecular formula is C18H22N2O3. The lowest BCUT2D eigenvalue weighted by molar-refractivity contribution is 0.0934. The molecule has 0 saturated carbocycles. The molecule has 1 atom stereocenters. The van der Waals surface area contributed by atoms with Crippen LogP contribution in [0, 0.1) is 5.92 Å². The number of carbonyl (C=O) groups is 1. The number of fused-ring (bicyclic) bond motifs is 1. The number of hydrogen-bond acceptors (Lipinski definition) is 3. The Morgan fingerprint density at radius 1 is 1.39 bits per heavy atom. The minimum absolute atomic E-state index is 0.0646. The molecular weight excluding hydrogens is 292 g/mol. The van der Waals surface area contributed by atoms with Gasteiger partial charge in [0.15, 0.2) is 0 Å². The maximum absolute atomic E-state index is 12.1. The van der Waals surface area contributed by atoms with Crippen LogP contribution in [0.5, 0.6) is 11.5 Å². The van der Waals surface area contributed by atoms with Crippen LogP contribution in [0.1, 0.15) is 28.7 Å². The van der Waals surface area contributed by atoms with Gasteiger partial charge in [-0.1, -0.05) is 13.0 Å². The fraction of sp³-hybridized carbons (Fsp3) is 0.389. The third-order valence-corrected chi connectivity index (χ3v) is 4.18. The summed E-state index contributed by atoms with van der Waals surface area (Å²) < 4.78 is 11.0. The summed E-state index contributed by atoms with van der Waals surface area (Å²) in [6.07, 6.45) is 1.79. The topological polar surface area (TPSA) is 63.4 Å². The van der Waals surface area contributed by atoms with E-state index in [0.29, 0.717) is 18.8 Å². The van der Waals surface area contributed by atoms with Crippen molar-refractivity contribution in [3.05, 3.63) is 47.3 Å². The highest BCUT2D eigenvalue weighted by molar-refractivity contribution is 5.92. The Kier molecular flexibility index (Phi) is 4.55. The first-order valence-corrected chi connectivity index (χ1v) is 7.95. The van der Waals surface area contributed by atoms with Gasteiger partial charge in [-0.2, -0.15) is 0 Å². The van der Waals surface area contributed by atoms with Crippen molar-refractivity contribution in [2.45, 2.75) is 19.8 Å². The number of amides is 1. The molecule has 0 unspecified atom stereocenters. The van der Waals surface area contributed by atoms with Crippen molar-refractivity contribution in [1.82, 2.24) is 10.3 Å². The number of nitrogens with one attached hydrogen (secondary N) is 2. The molecule has 0 spiro atoms. The fourth-order valence-electron chi connectivity index (χ4n) is 2.78. The zero-order valence-electron chi connectivity index (χ0n) is 13.5. The van der Waals surface area contributed by atoms with Gasteiger partial charge in [0.05, 0.1) is 13.7 Å². The second kappa shape index (κ2) is 6.77. The van der Waals surface area contributed by atoms with E-state index in [1.807, 2.05) is 30.3 Å². The lowest BCUT2D eigenvalue weighted by atomic mass is 9.96. The molecule has 2 heterocycles. The number of aromatic nitrogens is 1. The van der Waals surface area contributed by atoms with Crippen LogP contribution in [0.25, 0.3) is 0 Å². The monoisotopic (exact) mass is 314 g/mol. The molecule has 23 heavy (non-hydrogen) atoms. The summed E-state index contributed by atoms with van der Waals surface area (Å²) in [5.74, 6) is 1.89. The number of aromatic amines is 1. The molecule has 1 aromatic heterocycles. The average Bonchev–Trinajstić information content (AvgIpc) is 3.08. The maximum atomic E-state index is 12.1. The van der Waals surface area contributed by atoms with Crippen LogP contribution in [0.3, 0.4) is 0 Å². The molecule has 0 saturated heterocycles. The summed E-state index contributed by atoms with van der Waals surface area (Å²) in [4.78, 5) is 15.3. The number of methoxy groups -OCH3 is 1. The maximum Gasteiger partial charge on any atom is 0.267 e. The molecule has 2 aromatic rings. The standard InChI is InChI=1S/C18H22N2O3/c1-3-14-5-7-16(20-14)18(21)19-10-12-8-13-4-6-15(22-2)9-17(13)23-11-12/h4-7,9,12,20H,3,8,10-11H2,1-2H3,(H,19,21)/t12-/m0/s1. The first-order chi connectivity index (χ1) is 11.2. The molecule has 0 bridgehead atoms. The van der Waals surface area contributed by atoms with Gasteiger partial charge in [0.25, 0.3) is 5.91 Å². The largest absolute Gasteiger partial charge is 0.497 e. The van der Waals surface area contributed by atoms with Crippen LogP contribution < -0.4 is 14.8 Å². The number of ether oxygens (including phenoxy) is 2. The van der Waals surface area contributed by atoms with Crippen LogP contribution in [-0.4, -0.2) is 31.2 Å². The third kappa shape index (κ3) is 3.50. The molecule has 1 aromatic carbocycles. The van der Waals surface area contributed by atoms with Crippen LogP contribution in [0.15, 0.2) is 30.3 Å². The first-order valence-electron chi connectivity index (χ1n) is 7.95. The highest BCUT2D eigenvalue weighted by Gasteiger charge is 2.21. The van der Waals surface area contributed by atoms with E-state index in [4.69, 9.17) is 9.47 Å². The van der Waals surface area contributed by atoms with E-state index in [-0.39, 0.29) is 11.8 Å². The Morgan fingerprint density at radius 3 is 3.00 bits per heavy atom. The number of carbonyl (C=O) groups excluding carboxylic acids is 1. The predicted octanol–water partition coefficient (Wildman–Crippen LogP) is 2.57. The molecule has 1 aliphatic heterocycles. The summed E-state index contributed by atoms with van der Waals surface area (Å²) in [5, 5.41) is 2.98. The van der Waals surface area contributed by atoms with Gasteiger partial charge in [-0.3, -0.25) is 4.79 Å². The Balaban J connectivity index is 1.56. The van der Waals surface area contributed by atoms with Crippen molar-refractivity contribution in [2.75, 3.05) is 20.3 Å². The third-order valence-electron chi connectivity index (χ3n) is 4.18. The smallest absolute Gasteiger partial charge is 0.267 e. The highest BCUT2D eigenvalue weighted by Crippen LogP contribution is 2.30. The molecule has 5 nitrogen and oxygen atoms in total. The summed E-state index contributed by atoms with van der Waals surface area (Å²) in [6, 6.07) is 9.65. The Morgan fingerprint density at radius 2 is 2.26 bits per heavy atom. The van der Waals surface area contributed by atoms with E-state index < -0.39 is 0 Å². The van der Waals surface area contributed by atoms with Gasteiger partial charge in [-0.25, -0.2) is 0 Å². The van der Waals surface area contributed by atoms with Crippen molar-refractivity contribution in [2.24, 2.45) is 5.92 Å². The molecule has 3 rings (SSSR count). The SMILES string of the molecule is CCc1ccc(C(=O)NC[C@H]2COc3cc(OC)ccc3C2)[nH]1. The van der Waals surface area contributed by atoms with E-state index in [1.54, 1.807) is 7.11 Å². The van der Waals surface area contributed by atoms with Crippen molar-refractivity contribution >= 4 is 5.91 Å². The van der Waals surface area contributed by atoms with Crippen LogP contribution >= 0.6 is 0 Å². The second-order valence-corrected chi connectivity index (χ2v) is 5.82. The lowest BCUT2D eigenvalue weighted by Crippen LogP contribution is -2.35. The normalized spacial score (nSPS) is 16.3. The van der Waals surface area contributed by atoms with E-state index in [2.05, 4.69) is 17.2 Å². The summed E-state index contributed by atoms with van der Waals surface area (Å²) in [5.41, 5.74) is 2.84. The minimum atomic E-state index is -0.0646. The number of aryl methyl sites for hydroxylation is 1. The van der Waals surface area contributed by atoms with E-state index in [9.17, 15) is 4.79 Å². The van der Waals surface area contributed by atoms with Gasteiger partial charge >= 0.3 is 0 Å². The molecule has 1 aliphatic rings. The average molecular weight is 314 g/mol. The van der Waals surface area contributed by atoms with Crippen molar-refractivity contribution in [3.8, 4) is 11.5 Å². The van der Waals surface area contributed by atoms with E-state index in [1.165, 1.54) is 0 Å². The van der Waals surface area contributed by atoms with Crippen molar-refractivity contribution in [1.29, 1.82) is 0 Å². The quantitative estimate of drug-likeness (QED) is 0.891. The number of rotatable bonds is 5. The van der Waals surface area contributed by atoms with Crippen molar-refractivity contribution < 1.29 is 14.3 Å². The molecule has 0 aliphatic carbocycles. The first kappa shape index (κ1) is 15.5. The zero-order valence-corrected chi connectivity index (χ0v) is 13.5. The lowest BCUT2D eigenvalue weighted by Gasteiger charge is -2.25. The van der Waals surface area contributed by atoms with E-state index >= 15 is 0 Å². The molecule has 2 N–H and O–H groups in total. The Hall–Kier alpha value is -2.43. The van der Waals surface area contributed by atoms with Gasteiger partial charge in [-0.15, -0.1) is 0 Å². The van der Waals surface area contributed by atoms with Gasteiger partial charge in [-0.05, 0) is 36.6 Å². The summed E-state index contributed by atoms with van der Waals surface area (Å²) >= 11 is 0. The Bertz CT molecular complexity index is 693. The van der Waals surface area contributed by atoms with Crippen LogP contribution in [0.2, 0.25) is 0 Å². The summed E-state index contributed by atoms with van der Waals surface area (Å²) in [6.45, 7) is 3.26. The molecule has 1 amide bonds. The van der Waals surface area contributed by atoms with Gasteiger partial charge in [0, 0.05) is 24.2 Å². The fourth-order valence-corrected chi connectivity index (χ4v) is 2.78. The van der Waals surface area contributed by atoms with Crippen LogP contribution in [0.4, 0.5) is 0 Å². The van der Waals surface area contributed by atoms with Crippen LogP contribution in [-0.2, 0) is 12.8 Å². The second-order valence-electron chi connectivity index (χ2n) is 5.82. The zero-order chi connectivity index (χ0) is 16.2. The van der Waals surface area contributed by atoms with Gasteiger partial charge in [0.1, 0.15) is 17.2 Å². The highest BCUT2D eigenvalue weighted by atomic mass is 16.5. The molecule has 5 heteroatoms. The van der Waals surface area contributed by atoms with E-state index in [0.717, 1.165) is 35.6 Å². The molecule has 0 radical (unpaired) electrons. The molecule has 0 fully saturated rings. The number of hydrogen-bond donors (Lipinski definition) is 2. The molecule has 122 valence electrons. The van der Waals surface area contributed by atoms with Crippen molar-refractivity contribution in [3.63, 3.8) is 0 Å². The predicted molar refractivity (Wildman–Crippen MR) is 88.2 cm³/mol. The number of benzene rings is 1. The number of H-pyrrole nitrogens is 1. The Labute approximate surface area is 136 Å². The summed E-state index contributed by atoms with van der Waals surface area (Å²) in [7, 11) is 1.65. The van der Waals surface area contributed by atoms with Gasteiger partial charge in [0.2, 0.25) is 0 Å². The minimum Gasteiger partial charge on any atom is -0.497 e.